The van der Waals surface area contributed by atoms with Crippen LogP contribution in [0, 0.1) is 11.8 Å². The standard InChI is InChI=1S/C35H42N4O3/c1-4-25(26-11-6-5-7-12-26)18-29(19-28-15-10-14-27-13-8-9-16-32(27)28)34(41)39-33(20-30-21-36-23-37-30)35(42)38-31(22-40)17-24(2)3/h5-16,21-25,29,31,33H,4,17-20H2,1-3H3,(H,36,37)(H,38,42)(H,39,41)/t25?,29?,31-,33-/m0/s1. The molecule has 220 valence electrons. The number of H-pyrrole nitrogens is 1. The first-order valence-corrected chi connectivity index (χ1v) is 14.9. The lowest BCUT2D eigenvalue weighted by Gasteiger charge is -2.26. The van der Waals surface area contributed by atoms with Crippen LogP contribution in [0.15, 0.2) is 85.3 Å². The quantitative estimate of drug-likeness (QED) is 0.159. The van der Waals surface area contributed by atoms with E-state index in [1.165, 1.54) is 5.56 Å². The van der Waals surface area contributed by atoms with Crippen molar-refractivity contribution in [2.45, 2.75) is 70.9 Å². The lowest BCUT2D eigenvalue weighted by molar-refractivity contribution is -0.132. The highest BCUT2D eigenvalue weighted by atomic mass is 16.2. The van der Waals surface area contributed by atoms with Crippen LogP contribution in [0.2, 0.25) is 0 Å². The topological polar surface area (TPSA) is 104 Å². The molecule has 0 aliphatic carbocycles. The molecule has 42 heavy (non-hydrogen) atoms. The molecule has 0 spiro atoms. The second-order valence-electron chi connectivity index (χ2n) is 11.5. The summed E-state index contributed by atoms with van der Waals surface area (Å²) in [4.78, 5) is 46.6. The molecule has 1 heterocycles. The van der Waals surface area contributed by atoms with Crippen LogP contribution in [0.5, 0.6) is 0 Å². The summed E-state index contributed by atoms with van der Waals surface area (Å²) in [6, 6.07) is 23.2. The van der Waals surface area contributed by atoms with Gasteiger partial charge in [0.05, 0.1) is 18.1 Å². The molecule has 2 unspecified atom stereocenters. The largest absolute Gasteiger partial charge is 0.351 e. The van der Waals surface area contributed by atoms with Crippen molar-refractivity contribution in [3.8, 4) is 0 Å². The molecule has 0 aliphatic heterocycles. The van der Waals surface area contributed by atoms with Gasteiger partial charge in [-0.25, -0.2) is 4.98 Å². The van der Waals surface area contributed by atoms with Crippen molar-refractivity contribution >= 4 is 28.9 Å². The van der Waals surface area contributed by atoms with Gasteiger partial charge >= 0.3 is 0 Å². The van der Waals surface area contributed by atoms with Gasteiger partial charge in [-0.3, -0.25) is 9.59 Å². The summed E-state index contributed by atoms with van der Waals surface area (Å²) in [5.74, 6) is -0.537. The van der Waals surface area contributed by atoms with Crippen LogP contribution in [0.3, 0.4) is 0 Å². The van der Waals surface area contributed by atoms with E-state index in [2.05, 4.69) is 63.9 Å². The minimum Gasteiger partial charge on any atom is -0.351 e. The number of nitrogens with one attached hydrogen (secondary N) is 3. The molecule has 4 aromatic rings. The second-order valence-corrected chi connectivity index (χ2v) is 11.5. The number of aromatic nitrogens is 2. The molecule has 0 radical (unpaired) electrons. The summed E-state index contributed by atoms with van der Waals surface area (Å²) in [5, 5.41) is 8.17. The average Bonchev–Trinajstić information content (AvgIpc) is 3.52. The van der Waals surface area contributed by atoms with Crippen LogP contribution in [0.25, 0.3) is 10.8 Å². The molecule has 3 N–H and O–H groups in total. The van der Waals surface area contributed by atoms with E-state index in [1.807, 2.05) is 50.2 Å². The van der Waals surface area contributed by atoms with Gasteiger partial charge in [0.25, 0.3) is 0 Å². The molecule has 1 aromatic heterocycles. The number of carbonyl (C=O) groups excluding carboxylic acids is 3. The number of rotatable bonds is 15. The molecule has 3 aromatic carbocycles. The zero-order chi connectivity index (χ0) is 29.9. The summed E-state index contributed by atoms with van der Waals surface area (Å²) < 4.78 is 0. The van der Waals surface area contributed by atoms with E-state index in [4.69, 9.17) is 0 Å². The minimum absolute atomic E-state index is 0.181. The van der Waals surface area contributed by atoms with Crippen molar-refractivity contribution in [3.63, 3.8) is 0 Å². The minimum atomic E-state index is -0.873. The molecule has 0 saturated carbocycles. The zero-order valence-electron chi connectivity index (χ0n) is 24.8. The van der Waals surface area contributed by atoms with Crippen LogP contribution < -0.4 is 10.6 Å². The number of hydrogen-bond donors (Lipinski definition) is 3. The number of hydrogen-bond acceptors (Lipinski definition) is 4. The second kappa shape index (κ2) is 15.1. The Morgan fingerprint density at radius 3 is 2.31 bits per heavy atom. The van der Waals surface area contributed by atoms with E-state index >= 15 is 0 Å². The molecular formula is C35H42N4O3. The van der Waals surface area contributed by atoms with Crippen LogP contribution in [0.1, 0.15) is 62.8 Å². The average molecular weight is 567 g/mol. The molecule has 0 bridgehead atoms. The maximum Gasteiger partial charge on any atom is 0.243 e. The monoisotopic (exact) mass is 566 g/mol. The first-order chi connectivity index (χ1) is 20.4. The number of amides is 2. The van der Waals surface area contributed by atoms with E-state index in [0.717, 1.165) is 29.0 Å². The van der Waals surface area contributed by atoms with E-state index in [-0.39, 0.29) is 36.0 Å². The maximum absolute atomic E-state index is 14.2. The number of nitrogens with zero attached hydrogens (tertiary/aromatic N) is 1. The highest BCUT2D eigenvalue weighted by molar-refractivity contribution is 5.91. The number of imidazole rings is 1. The van der Waals surface area contributed by atoms with Gasteiger partial charge in [0.15, 0.2) is 0 Å². The van der Waals surface area contributed by atoms with Gasteiger partial charge in [-0.2, -0.15) is 0 Å². The smallest absolute Gasteiger partial charge is 0.243 e. The van der Waals surface area contributed by atoms with Crippen molar-refractivity contribution in [1.82, 2.24) is 20.6 Å². The van der Waals surface area contributed by atoms with Crippen molar-refractivity contribution in [3.05, 3.63) is 102 Å². The molecule has 4 atom stereocenters. The maximum atomic E-state index is 14.2. The summed E-state index contributed by atoms with van der Waals surface area (Å²) in [6.45, 7) is 6.15. The fraction of sp³-hybridized carbons (Fsp3) is 0.371. The van der Waals surface area contributed by atoms with E-state index < -0.39 is 12.1 Å². The first kappa shape index (κ1) is 30.7. The van der Waals surface area contributed by atoms with Crippen molar-refractivity contribution in [2.24, 2.45) is 11.8 Å². The Kier molecular flexibility index (Phi) is 11.0. The number of carbonyl (C=O) groups is 3. The van der Waals surface area contributed by atoms with Gasteiger partial charge in [-0.15, -0.1) is 0 Å². The third kappa shape index (κ3) is 8.38. The number of aromatic amines is 1. The zero-order valence-corrected chi connectivity index (χ0v) is 24.8. The fourth-order valence-electron chi connectivity index (χ4n) is 5.68. The molecular weight excluding hydrogens is 524 g/mol. The Hall–Kier alpha value is -4.26. The third-order valence-corrected chi connectivity index (χ3v) is 7.87. The summed E-state index contributed by atoms with van der Waals surface area (Å²) >= 11 is 0. The Morgan fingerprint density at radius 2 is 1.62 bits per heavy atom. The van der Waals surface area contributed by atoms with Crippen LogP contribution in [-0.2, 0) is 27.2 Å². The molecule has 0 aliphatic rings. The predicted octanol–water partition coefficient (Wildman–Crippen LogP) is 5.76. The van der Waals surface area contributed by atoms with Gasteiger partial charge in [-0.1, -0.05) is 93.6 Å². The number of fused-ring (bicyclic) bond motifs is 1. The molecule has 2 amide bonds. The predicted molar refractivity (Wildman–Crippen MR) is 167 cm³/mol. The normalized spacial score (nSPS) is 14.2. The van der Waals surface area contributed by atoms with Gasteiger partial charge in [0.2, 0.25) is 11.8 Å². The van der Waals surface area contributed by atoms with Crippen LogP contribution in [-0.4, -0.2) is 40.2 Å². The van der Waals surface area contributed by atoms with Gasteiger partial charge in [0.1, 0.15) is 12.3 Å². The lowest BCUT2D eigenvalue weighted by Crippen LogP contribution is -2.52. The van der Waals surface area contributed by atoms with Crippen LogP contribution >= 0.6 is 0 Å². The summed E-state index contributed by atoms with van der Waals surface area (Å²) in [6.07, 6.45) is 6.83. The van der Waals surface area contributed by atoms with E-state index in [1.54, 1.807) is 12.5 Å². The SMILES string of the molecule is CCC(CC(Cc1cccc2ccccc12)C(=O)N[C@@H](Cc1c[nH]cn1)C(=O)N[C@H](C=O)CC(C)C)c1ccccc1. The molecule has 4 rings (SSSR count). The highest BCUT2D eigenvalue weighted by Gasteiger charge is 2.30. The van der Waals surface area contributed by atoms with Crippen molar-refractivity contribution in [1.29, 1.82) is 0 Å². The number of benzene rings is 3. The van der Waals surface area contributed by atoms with Gasteiger partial charge in [0, 0.05) is 18.5 Å². The number of aldehydes is 1. The van der Waals surface area contributed by atoms with Crippen LogP contribution in [0.4, 0.5) is 0 Å². The first-order valence-electron chi connectivity index (χ1n) is 14.9. The Morgan fingerprint density at radius 1 is 0.881 bits per heavy atom. The highest BCUT2D eigenvalue weighted by Crippen LogP contribution is 2.31. The summed E-state index contributed by atoms with van der Waals surface area (Å²) in [5.41, 5.74) is 2.95. The van der Waals surface area contributed by atoms with Crippen molar-refractivity contribution in [2.75, 3.05) is 0 Å². The molecule has 0 saturated heterocycles. The summed E-state index contributed by atoms with van der Waals surface area (Å²) in [7, 11) is 0. The fourth-order valence-corrected chi connectivity index (χ4v) is 5.68. The molecule has 7 heteroatoms. The third-order valence-electron chi connectivity index (χ3n) is 7.87. The molecule has 0 fully saturated rings. The van der Waals surface area contributed by atoms with Gasteiger partial charge < -0.3 is 20.4 Å². The van der Waals surface area contributed by atoms with Crippen molar-refractivity contribution < 1.29 is 14.4 Å². The Balaban J connectivity index is 1.62. The Bertz CT molecular complexity index is 1430. The van der Waals surface area contributed by atoms with Gasteiger partial charge in [-0.05, 0) is 59.4 Å². The van der Waals surface area contributed by atoms with E-state index in [9.17, 15) is 14.4 Å². The molecule has 7 nitrogen and oxygen atoms in total. The van der Waals surface area contributed by atoms with E-state index in [0.29, 0.717) is 25.0 Å². The Labute approximate surface area is 248 Å². The lowest BCUT2D eigenvalue weighted by atomic mass is 9.83.